The second kappa shape index (κ2) is 11.1. The molecule has 0 aromatic heterocycles. The first kappa shape index (κ1) is 23.0. The van der Waals surface area contributed by atoms with Crippen molar-refractivity contribution in [3.63, 3.8) is 0 Å². The minimum atomic E-state index is -1.12. The van der Waals surface area contributed by atoms with Gasteiger partial charge in [-0.2, -0.15) is 0 Å². The Morgan fingerprint density at radius 3 is 2.00 bits per heavy atom. The quantitative estimate of drug-likeness (QED) is 0.397. The molecule has 1 atom stereocenters. The van der Waals surface area contributed by atoms with Gasteiger partial charge in [-0.3, -0.25) is 4.90 Å². The van der Waals surface area contributed by atoms with Crippen LogP contribution in [0.5, 0.6) is 5.75 Å². The zero-order valence-electron chi connectivity index (χ0n) is 18.5. The lowest BCUT2D eigenvalue weighted by atomic mass is 10.1. The molecule has 4 nitrogen and oxygen atoms in total. The number of rotatable bonds is 6. The molecule has 0 saturated carbocycles. The van der Waals surface area contributed by atoms with Crippen LogP contribution in [-0.4, -0.2) is 34.2 Å². The first-order chi connectivity index (χ1) is 15.5. The molecule has 4 heteroatoms. The summed E-state index contributed by atoms with van der Waals surface area (Å²) in [5.74, 6) is -1.29. The summed E-state index contributed by atoms with van der Waals surface area (Å²) in [5, 5.41) is 19.8. The molecule has 0 fully saturated rings. The average Bonchev–Trinajstić information content (AvgIpc) is 2.81. The summed E-state index contributed by atoms with van der Waals surface area (Å²) in [4.78, 5) is 13.1. The fourth-order valence-electron chi connectivity index (χ4n) is 3.57. The summed E-state index contributed by atoms with van der Waals surface area (Å²) < 4.78 is 0. The van der Waals surface area contributed by atoms with E-state index in [0.29, 0.717) is 11.4 Å². The molecule has 0 aliphatic heterocycles. The normalized spacial score (nSPS) is 11.6. The maximum absolute atomic E-state index is 10.7. The van der Waals surface area contributed by atoms with Crippen molar-refractivity contribution in [3.8, 4) is 5.75 Å². The van der Waals surface area contributed by atoms with Crippen molar-refractivity contribution in [1.82, 2.24) is 4.90 Å². The van der Waals surface area contributed by atoms with E-state index in [-0.39, 0.29) is 11.3 Å². The largest absolute Gasteiger partial charge is 0.506 e. The summed E-state index contributed by atoms with van der Waals surface area (Å²) in [6.45, 7) is 3.30. The third-order valence-corrected chi connectivity index (χ3v) is 5.53. The topological polar surface area (TPSA) is 60.8 Å². The number of carboxylic acids is 1. The Bertz CT molecular complexity index is 1100. The molecule has 2 N–H and O–H groups in total. The standard InChI is InChI=1S/C17H21N.C11H8O3/c1-15(13-16-9-5-3-6-10-16)18(2)14-17-11-7-4-8-12-17;12-10-8-4-2-1-3-7(8)5-6-9(10)11(13)14/h3-12,15H,13-14H2,1-2H3;1-6,12H,(H,13,14)/t15-;/m0./s1. The number of nitrogens with zero attached hydrogens (tertiary/aromatic N) is 1. The predicted octanol–water partition coefficient (Wildman–Crippen LogP) is 5.99. The summed E-state index contributed by atoms with van der Waals surface area (Å²) >= 11 is 0. The fourth-order valence-corrected chi connectivity index (χ4v) is 3.57. The maximum Gasteiger partial charge on any atom is 0.339 e. The molecular formula is C28H29NO3. The number of likely N-dealkylation sites (N-methyl/N-ethyl adjacent to an activating group) is 1. The third kappa shape index (κ3) is 6.19. The minimum absolute atomic E-state index is 0.0660. The Labute approximate surface area is 189 Å². The molecule has 0 bridgehead atoms. The SMILES string of the molecule is C[C@@H](Cc1ccccc1)N(C)Cc1ccccc1.O=C(O)c1ccc2ccccc2c1O. The molecule has 0 radical (unpaired) electrons. The van der Waals surface area contributed by atoms with Crippen molar-refractivity contribution in [2.24, 2.45) is 0 Å². The van der Waals surface area contributed by atoms with Crippen LogP contribution in [-0.2, 0) is 13.0 Å². The first-order valence-electron chi connectivity index (χ1n) is 10.7. The van der Waals surface area contributed by atoms with Crippen LogP contribution < -0.4 is 0 Å². The molecular weight excluding hydrogens is 398 g/mol. The van der Waals surface area contributed by atoms with E-state index in [2.05, 4.69) is 79.5 Å². The van der Waals surface area contributed by atoms with Gasteiger partial charge in [0, 0.05) is 18.0 Å². The highest BCUT2D eigenvalue weighted by atomic mass is 16.4. The van der Waals surface area contributed by atoms with Crippen molar-refractivity contribution < 1.29 is 15.0 Å². The number of aromatic carboxylic acids is 1. The molecule has 0 saturated heterocycles. The van der Waals surface area contributed by atoms with Gasteiger partial charge in [0.15, 0.2) is 0 Å². The van der Waals surface area contributed by atoms with E-state index in [4.69, 9.17) is 5.11 Å². The molecule has 0 heterocycles. The van der Waals surface area contributed by atoms with Gasteiger partial charge in [0.1, 0.15) is 11.3 Å². The number of hydrogen-bond acceptors (Lipinski definition) is 3. The summed E-state index contributed by atoms with van der Waals surface area (Å²) in [7, 11) is 2.20. The van der Waals surface area contributed by atoms with Crippen molar-refractivity contribution in [1.29, 1.82) is 0 Å². The molecule has 32 heavy (non-hydrogen) atoms. The first-order valence-corrected chi connectivity index (χ1v) is 10.7. The van der Waals surface area contributed by atoms with Crippen LogP contribution >= 0.6 is 0 Å². The Morgan fingerprint density at radius 2 is 1.38 bits per heavy atom. The van der Waals surface area contributed by atoms with Crippen LogP contribution in [0.4, 0.5) is 0 Å². The molecule has 0 unspecified atom stereocenters. The van der Waals surface area contributed by atoms with Crippen LogP contribution in [0.15, 0.2) is 97.1 Å². The van der Waals surface area contributed by atoms with Gasteiger partial charge in [-0.15, -0.1) is 0 Å². The van der Waals surface area contributed by atoms with Gasteiger partial charge in [0.05, 0.1) is 0 Å². The van der Waals surface area contributed by atoms with Gasteiger partial charge in [-0.25, -0.2) is 4.79 Å². The minimum Gasteiger partial charge on any atom is -0.506 e. The molecule has 4 aromatic carbocycles. The third-order valence-electron chi connectivity index (χ3n) is 5.53. The van der Waals surface area contributed by atoms with Gasteiger partial charge in [-0.1, -0.05) is 91.0 Å². The summed E-state index contributed by atoms with van der Waals surface area (Å²) in [6, 6.07) is 32.1. The lowest BCUT2D eigenvalue weighted by molar-refractivity contribution is 0.0694. The Kier molecular flexibility index (Phi) is 8.01. The van der Waals surface area contributed by atoms with Gasteiger partial charge in [0.2, 0.25) is 0 Å². The van der Waals surface area contributed by atoms with Crippen LogP contribution in [0.3, 0.4) is 0 Å². The Hall–Kier alpha value is -3.63. The van der Waals surface area contributed by atoms with Crippen LogP contribution in [0.1, 0.15) is 28.4 Å². The zero-order valence-corrected chi connectivity index (χ0v) is 18.5. The van der Waals surface area contributed by atoms with E-state index in [0.717, 1.165) is 18.4 Å². The highest BCUT2D eigenvalue weighted by molar-refractivity contribution is 6.00. The number of carboxylic acid groups (broad SMARTS) is 1. The number of fused-ring (bicyclic) bond motifs is 1. The second-order valence-corrected chi connectivity index (χ2v) is 7.93. The number of hydrogen-bond donors (Lipinski definition) is 2. The number of phenols is 1. The van der Waals surface area contributed by atoms with E-state index < -0.39 is 5.97 Å². The van der Waals surface area contributed by atoms with Crippen molar-refractivity contribution in [2.45, 2.75) is 25.9 Å². The van der Waals surface area contributed by atoms with Crippen LogP contribution in [0.2, 0.25) is 0 Å². The van der Waals surface area contributed by atoms with Crippen molar-refractivity contribution in [2.75, 3.05) is 7.05 Å². The Morgan fingerprint density at radius 1 is 0.812 bits per heavy atom. The maximum atomic E-state index is 10.7. The molecule has 4 aromatic rings. The van der Waals surface area contributed by atoms with E-state index >= 15 is 0 Å². The highest BCUT2D eigenvalue weighted by Crippen LogP contribution is 2.28. The molecule has 0 amide bonds. The van der Waals surface area contributed by atoms with Crippen LogP contribution in [0.25, 0.3) is 10.8 Å². The van der Waals surface area contributed by atoms with Crippen molar-refractivity contribution >= 4 is 16.7 Å². The Balaban J connectivity index is 0.000000186. The number of carbonyl (C=O) groups is 1. The lowest BCUT2D eigenvalue weighted by Gasteiger charge is -2.24. The predicted molar refractivity (Wildman–Crippen MR) is 130 cm³/mol. The average molecular weight is 428 g/mol. The van der Waals surface area contributed by atoms with Crippen molar-refractivity contribution in [3.05, 3.63) is 114 Å². The lowest BCUT2D eigenvalue weighted by Crippen LogP contribution is -2.30. The van der Waals surface area contributed by atoms with E-state index in [1.165, 1.54) is 17.2 Å². The zero-order chi connectivity index (χ0) is 22.9. The molecule has 0 aliphatic carbocycles. The van der Waals surface area contributed by atoms with E-state index in [1.807, 2.05) is 12.1 Å². The second-order valence-electron chi connectivity index (χ2n) is 7.93. The van der Waals surface area contributed by atoms with E-state index in [9.17, 15) is 9.90 Å². The van der Waals surface area contributed by atoms with Gasteiger partial charge in [-0.05, 0) is 43.0 Å². The fraction of sp³-hybridized carbons (Fsp3) is 0.179. The molecule has 0 aliphatic rings. The van der Waals surface area contributed by atoms with E-state index in [1.54, 1.807) is 18.2 Å². The van der Waals surface area contributed by atoms with Gasteiger partial charge < -0.3 is 10.2 Å². The van der Waals surface area contributed by atoms with Gasteiger partial charge >= 0.3 is 5.97 Å². The molecule has 164 valence electrons. The summed E-state index contributed by atoms with van der Waals surface area (Å²) in [5.41, 5.74) is 2.72. The number of aromatic hydroxyl groups is 1. The van der Waals surface area contributed by atoms with Gasteiger partial charge in [0.25, 0.3) is 0 Å². The molecule has 4 rings (SSSR count). The monoisotopic (exact) mass is 427 g/mol. The highest BCUT2D eigenvalue weighted by Gasteiger charge is 2.11. The smallest absolute Gasteiger partial charge is 0.339 e. The molecule has 0 spiro atoms. The summed E-state index contributed by atoms with van der Waals surface area (Å²) in [6.07, 6.45) is 1.10. The van der Waals surface area contributed by atoms with Crippen LogP contribution in [0, 0.1) is 0 Å². The number of benzene rings is 4.